The maximum atomic E-state index is 11.9. The Morgan fingerprint density at radius 3 is 2.46 bits per heavy atom. The molecule has 2 heteroatoms. The first-order chi connectivity index (χ1) is 12.7. The first-order valence-electron chi connectivity index (χ1n) is 9.77. The van der Waals surface area contributed by atoms with Crippen LogP contribution in [0.2, 0.25) is 0 Å². The van der Waals surface area contributed by atoms with E-state index in [9.17, 15) is 4.79 Å². The number of benzene rings is 1. The smallest absolute Gasteiger partial charge is 0.136 e. The third-order valence-electron chi connectivity index (χ3n) is 5.29. The lowest BCUT2D eigenvalue weighted by Crippen LogP contribution is -2.09. The monoisotopic (exact) mass is 343 g/mol. The Hall–Kier alpha value is -2.40. The molecule has 2 fully saturated rings. The Morgan fingerprint density at radius 1 is 1.08 bits per heavy atom. The number of nitrogens with zero attached hydrogens (tertiary/aromatic N) is 1. The summed E-state index contributed by atoms with van der Waals surface area (Å²) in [5.41, 5.74) is 4.45. The molecule has 1 atom stereocenters. The van der Waals surface area contributed by atoms with Crippen molar-refractivity contribution in [1.29, 1.82) is 0 Å². The molecule has 0 N–H and O–H groups in total. The van der Waals surface area contributed by atoms with Crippen molar-refractivity contribution in [2.45, 2.75) is 51.4 Å². The van der Waals surface area contributed by atoms with Crippen molar-refractivity contribution in [3.05, 3.63) is 65.0 Å². The molecule has 0 spiro atoms. The summed E-state index contributed by atoms with van der Waals surface area (Å²) in [6.07, 6.45) is 8.45. The number of rotatable bonds is 6. The Balaban J connectivity index is 1.33. The van der Waals surface area contributed by atoms with Crippen molar-refractivity contribution >= 4 is 5.78 Å². The number of hydrogen-bond acceptors (Lipinski definition) is 2. The van der Waals surface area contributed by atoms with Gasteiger partial charge in [0.15, 0.2) is 0 Å². The summed E-state index contributed by atoms with van der Waals surface area (Å²) < 4.78 is 0. The number of aromatic nitrogens is 1. The SMILES string of the molecule is CC(CC(=O)C1CC1)Cc1ccc(C#Cc2ccc(C3CC3)cn2)cc1. The van der Waals surface area contributed by atoms with Crippen LogP contribution in [0, 0.1) is 23.7 Å². The third-order valence-corrected chi connectivity index (χ3v) is 5.29. The van der Waals surface area contributed by atoms with Gasteiger partial charge in [0.1, 0.15) is 11.5 Å². The average Bonchev–Trinajstić information content (AvgIpc) is 3.54. The van der Waals surface area contributed by atoms with E-state index < -0.39 is 0 Å². The fraction of sp³-hybridized carbons (Fsp3) is 0.417. The molecule has 2 aromatic rings. The molecule has 26 heavy (non-hydrogen) atoms. The van der Waals surface area contributed by atoms with E-state index in [2.05, 4.69) is 54.1 Å². The zero-order valence-electron chi connectivity index (χ0n) is 15.4. The van der Waals surface area contributed by atoms with E-state index in [1.807, 2.05) is 12.3 Å². The van der Waals surface area contributed by atoms with Crippen LogP contribution in [-0.4, -0.2) is 10.8 Å². The fourth-order valence-corrected chi connectivity index (χ4v) is 3.39. The molecule has 1 aromatic heterocycles. The Morgan fingerprint density at radius 2 is 1.85 bits per heavy atom. The van der Waals surface area contributed by atoms with E-state index >= 15 is 0 Å². The number of ketones is 1. The number of pyridine rings is 1. The molecular weight excluding hydrogens is 318 g/mol. The van der Waals surface area contributed by atoms with Crippen molar-refractivity contribution in [3.8, 4) is 11.8 Å². The minimum Gasteiger partial charge on any atom is -0.299 e. The molecule has 1 unspecified atom stereocenters. The lowest BCUT2D eigenvalue weighted by molar-refractivity contribution is -0.121. The molecular formula is C24H25NO. The second-order valence-corrected chi connectivity index (χ2v) is 7.95. The van der Waals surface area contributed by atoms with Crippen LogP contribution >= 0.6 is 0 Å². The van der Waals surface area contributed by atoms with Gasteiger partial charge in [0, 0.05) is 24.1 Å². The Bertz CT molecular complexity index is 831. The molecule has 0 saturated heterocycles. The fourth-order valence-electron chi connectivity index (χ4n) is 3.39. The van der Waals surface area contributed by atoms with Gasteiger partial charge >= 0.3 is 0 Å². The summed E-state index contributed by atoms with van der Waals surface area (Å²) in [5, 5.41) is 0. The van der Waals surface area contributed by atoms with Gasteiger partial charge in [-0.2, -0.15) is 0 Å². The van der Waals surface area contributed by atoms with Crippen molar-refractivity contribution in [2.75, 3.05) is 0 Å². The van der Waals surface area contributed by atoms with Crippen LogP contribution in [0.3, 0.4) is 0 Å². The van der Waals surface area contributed by atoms with Crippen LogP contribution < -0.4 is 0 Å². The van der Waals surface area contributed by atoms with Gasteiger partial charge in [0.25, 0.3) is 0 Å². The lowest BCUT2D eigenvalue weighted by atomic mass is 9.94. The third kappa shape index (κ3) is 4.61. The van der Waals surface area contributed by atoms with Crippen LogP contribution in [0.5, 0.6) is 0 Å². The van der Waals surface area contributed by atoms with Crippen molar-refractivity contribution in [1.82, 2.24) is 4.98 Å². The maximum absolute atomic E-state index is 11.9. The van der Waals surface area contributed by atoms with Gasteiger partial charge in [-0.1, -0.05) is 31.0 Å². The summed E-state index contributed by atoms with van der Waals surface area (Å²) in [6, 6.07) is 12.6. The van der Waals surface area contributed by atoms with Crippen molar-refractivity contribution < 1.29 is 4.79 Å². The van der Waals surface area contributed by atoms with Gasteiger partial charge in [-0.3, -0.25) is 4.79 Å². The van der Waals surface area contributed by atoms with E-state index in [1.165, 1.54) is 24.0 Å². The predicted octanol–water partition coefficient (Wildman–Crippen LogP) is 4.91. The van der Waals surface area contributed by atoms with E-state index in [4.69, 9.17) is 0 Å². The zero-order valence-corrected chi connectivity index (χ0v) is 15.4. The maximum Gasteiger partial charge on any atom is 0.136 e. The minimum atomic E-state index is 0.377. The summed E-state index contributed by atoms with van der Waals surface area (Å²) >= 11 is 0. The molecule has 132 valence electrons. The number of carbonyl (C=O) groups excluding carboxylic acids is 1. The molecule has 2 saturated carbocycles. The van der Waals surface area contributed by atoms with Gasteiger partial charge in [0.05, 0.1) is 0 Å². The van der Waals surface area contributed by atoms with E-state index in [-0.39, 0.29) is 0 Å². The second kappa shape index (κ2) is 7.46. The highest BCUT2D eigenvalue weighted by molar-refractivity contribution is 5.83. The molecule has 0 aliphatic heterocycles. The molecule has 0 radical (unpaired) electrons. The largest absolute Gasteiger partial charge is 0.299 e. The molecule has 1 aromatic carbocycles. The van der Waals surface area contributed by atoms with E-state index in [0.717, 1.165) is 42.9 Å². The quantitative estimate of drug-likeness (QED) is 0.698. The molecule has 2 nitrogen and oxygen atoms in total. The molecule has 2 aliphatic rings. The number of carbonyl (C=O) groups is 1. The van der Waals surface area contributed by atoms with Gasteiger partial charge in [-0.15, -0.1) is 0 Å². The van der Waals surface area contributed by atoms with Gasteiger partial charge in [-0.25, -0.2) is 4.98 Å². The zero-order chi connectivity index (χ0) is 17.9. The molecule has 4 rings (SSSR count). The number of hydrogen-bond donors (Lipinski definition) is 0. The first-order valence-corrected chi connectivity index (χ1v) is 9.77. The standard InChI is InChI=1S/C24H25NO/c1-17(15-24(26)21-9-10-21)14-19-4-2-18(3-5-19)6-12-23-13-11-22(16-25-23)20-7-8-20/h2-5,11,13,16-17,20-21H,7-10,14-15H2,1H3. The lowest BCUT2D eigenvalue weighted by Gasteiger charge is -2.10. The summed E-state index contributed by atoms with van der Waals surface area (Å²) in [4.78, 5) is 16.4. The Labute approximate surface area is 156 Å². The summed E-state index contributed by atoms with van der Waals surface area (Å²) in [6.45, 7) is 2.17. The molecule has 1 heterocycles. The highest BCUT2D eigenvalue weighted by Crippen LogP contribution is 2.39. The molecule has 2 aliphatic carbocycles. The van der Waals surface area contributed by atoms with Crippen LogP contribution in [0.15, 0.2) is 42.6 Å². The highest BCUT2D eigenvalue weighted by Gasteiger charge is 2.29. The van der Waals surface area contributed by atoms with Crippen LogP contribution in [-0.2, 0) is 11.2 Å². The van der Waals surface area contributed by atoms with Gasteiger partial charge in [0.2, 0.25) is 0 Å². The van der Waals surface area contributed by atoms with Crippen LogP contribution in [0.25, 0.3) is 0 Å². The van der Waals surface area contributed by atoms with E-state index in [1.54, 1.807) is 0 Å². The Kier molecular flexibility index (Phi) is 4.89. The summed E-state index contributed by atoms with van der Waals surface area (Å²) in [5.74, 6) is 8.32. The van der Waals surface area contributed by atoms with Crippen molar-refractivity contribution in [3.63, 3.8) is 0 Å². The summed E-state index contributed by atoms with van der Waals surface area (Å²) in [7, 11) is 0. The van der Waals surface area contributed by atoms with Crippen LogP contribution in [0.1, 0.15) is 67.3 Å². The number of Topliss-reactive ketones (excluding diaryl/α,β-unsaturated/α-hetero) is 1. The van der Waals surface area contributed by atoms with Gasteiger partial charge in [-0.05, 0) is 79.2 Å². The normalized spacial score (nSPS) is 17.3. The molecule has 0 bridgehead atoms. The van der Waals surface area contributed by atoms with Gasteiger partial charge < -0.3 is 0 Å². The minimum absolute atomic E-state index is 0.377. The topological polar surface area (TPSA) is 30.0 Å². The predicted molar refractivity (Wildman–Crippen MR) is 104 cm³/mol. The van der Waals surface area contributed by atoms with Crippen molar-refractivity contribution in [2.24, 2.45) is 11.8 Å². The highest BCUT2D eigenvalue weighted by atomic mass is 16.1. The molecule has 0 amide bonds. The second-order valence-electron chi connectivity index (χ2n) is 7.95. The first kappa shape index (κ1) is 17.0. The van der Waals surface area contributed by atoms with E-state index in [0.29, 0.717) is 17.6 Å². The van der Waals surface area contributed by atoms with Crippen LogP contribution in [0.4, 0.5) is 0 Å². The average molecular weight is 343 g/mol.